The molecule has 1 amide bonds. The molecule has 1 atom stereocenters. The summed E-state index contributed by atoms with van der Waals surface area (Å²) < 4.78 is 0. The normalized spacial score (nSPS) is 20.1. The summed E-state index contributed by atoms with van der Waals surface area (Å²) in [7, 11) is 0. The second-order valence-corrected chi connectivity index (χ2v) is 4.35. The summed E-state index contributed by atoms with van der Waals surface area (Å²) in [5.41, 5.74) is 1.88. The Hall–Kier alpha value is -2.10. The van der Waals surface area contributed by atoms with Gasteiger partial charge in [-0.05, 0) is 18.2 Å². The number of fused-ring (bicyclic) bond motifs is 1. The summed E-state index contributed by atoms with van der Waals surface area (Å²) in [6.07, 6.45) is 4.19. The molecule has 1 unspecified atom stereocenters. The smallest absolute Gasteiger partial charge is 0.227 e. The van der Waals surface area contributed by atoms with E-state index in [-0.39, 0.29) is 11.8 Å². The van der Waals surface area contributed by atoms with Crippen LogP contribution in [0, 0.1) is 5.92 Å². The third-order valence-corrected chi connectivity index (χ3v) is 3.23. The maximum atomic E-state index is 11.9. The van der Waals surface area contributed by atoms with E-state index in [0.717, 1.165) is 23.1 Å². The number of hydrogen-bond acceptors (Lipinski definition) is 2. The first-order valence-corrected chi connectivity index (χ1v) is 5.64. The van der Waals surface area contributed by atoms with Gasteiger partial charge in [-0.25, -0.2) is 0 Å². The number of aromatic nitrogens is 2. The van der Waals surface area contributed by atoms with Gasteiger partial charge in [0.1, 0.15) is 0 Å². The number of H-pyrrole nitrogens is 1. The number of carbonyl (C=O) groups excluding carboxylic acids is 1. The minimum absolute atomic E-state index is 0.161. The van der Waals surface area contributed by atoms with Gasteiger partial charge in [0.2, 0.25) is 5.91 Å². The predicted octanol–water partition coefficient (Wildman–Crippen LogP) is 2.10. The molecule has 1 saturated heterocycles. The van der Waals surface area contributed by atoms with E-state index in [9.17, 15) is 4.79 Å². The number of benzene rings is 1. The number of hydrogen-bond donors (Lipinski definition) is 1. The number of nitrogens with zero attached hydrogens (tertiary/aromatic N) is 2. The van der Waals surface area contributed by atoms with Crippen LogP contribution in [0.25, 0.3) is 10.9 Å². The quantitative estimate of drug-likeness (QED) is 0.799. The highest BCUT2D eigenvalue weighted by atomic mass is 16.2. The van der Waals surface area contributed by atoms with Crippen molar-refractivity contribution in [3.05, 3.63) is 37.1 Å². The molecule has 0 bridgehead atoms. The van der Waals surface area contributed by atoms with Crippen LogP contribution in [-0.2, 0) is 4.79 Å². The first-order valence-electron chi connectivity index (χ1n) is 5.64. The predicted molar refractivity (Wildman–Crippen MR) is 66.8 cm³/mol. The van der Waals surface area contributed by atoms with Crippen molar-refractivity contribution in [2.45, 2.75) is 6.42 Å². The zero-order valence-corrected chi connectivity index (χ0v) is 9.39. The zero-order chi connectivity index (χ0) is 11.8. The van der Waals surface area contributed by atoms with Crippen molar-refractivity contribution in [1.29, 1.82) is 0 Å². The van der Waals surface area contributed by atoms with Crippen LogP contribution in [0.5, 0.6) is 0 Å². The summed E-state index contributed by atoms with van der Waals surface area (Å²) in [4.78, 5) is 13.7. The lowest BCUT2D eigenvalue weighted by atomic mass is 10.1. The van der Waals surface area contributed by atoms with Gasteiger partial charge in [0.05, 0.1) is 11.7 Å². The standard InChI is InChI=1S/C13H13N3O/c1-2-9-5-13(17)16(8-9)11-4-3-10-7-14-15-12(10)6-11/h2-4,6-7,9H,1,5,8H2,(H,14,15). The van der Waals surface area contributed by atoms with Gasteiger partial charge >= 0.3 is 0 Å². The Kier molecular flexibility index (Phi) is 2.21. The van der Waals surface area contributed by atoms with E-state index in [1.807, 2.05) is 29.2 Å². The van der Waals surface area contributed by atoms with Crippen LogP contribution in [0.15, 0.2) is 37.1 Å². The summed E-state index contributed by atoms with van der Waals surface area (Å²) in [6.45, 7) is 4.48. The number of carbonyl (C=O) groups is 1. The van der Waals surface area contributed by atoms with Crippen LogP contribution in [-0.4, -0.2) is 22.6 Å². The molecule has 2 heterocycles. The number of amides is 1. The van der Waals surface area contributed by atoms with Gasteiger partial charge in [-0.1, -0.05) is 6.08 Å². The van der Waals surface area contributed by atoms with Crippen LogP contribution in [0.3, 0.4) is 0 Å². The van der Waals surface area contributed by atoms with Gasteiger partial charge in [-0.2, -0.15) is 5.10 Å². The Labute approximate surface area is 98.9 Å². The summed E-state index contributed by atoms with van der Waals surface area (Å²) in [6, 6.07) is 5.90. The van der Waals surface area contributed by atoms with Crippen molar-refractivity contribution in [3.8, 4) is 0 Å². The number of aromatic amines is 1. The van der Waals surface area contributed by atoms with Gasteiger partial charge in [0, 0.05) is 30.0 Å². The minimum atomic E-state index is 0.161. The molecule has 1 aromatic carbocycles. The molecular formula is C13H13N3O. The minimum Gasteiger partial charge on any atom is -0.312 e. The van der Waals surface area contributed by atoms with E-state index < -0.39 is 0 Å². The molecule has 1 fully saturated rings. The van der Waals surface area contributed by atoms with Crippen molar-refractivity contribution in [3.63, 3.8) is 0 Å². The van der Waals surface area contributed by atoms with Crippen LogP contribution >= 0.6 is 0 Å². The summed E-state index contributed by atoms with van der Waals surface area (Å²) >= 11 is 0. The molecule has 1 aromatic heterocycles. The number of rotatable bonds is 2. The molecule has 0 aliphatic carbocycles. The molecule has 3 rings (SSSR count). The molecule has 0 spiro atoms. The molecule has 0 radical (unpaired) electrons. The second-order valence-electron chi connectivity index (χ2n) is 4.35. The first-order chi connectivity index (χ1) is 8.28. The maximum absolute atomic E-state index is 11.9. The number of anilines is 1. The highest BCUT2D eigenvalue weighted by molar-refractivity contribution is 5.97. The SMILES string of the molecule is C=CC1CC(=O)N(c2ccc3cn[nH]c3c2)C1. The summed E-state index contributed by atoms with van der Waals surface area (Å²) in [5.74, 6) is 0.425. The number of nitrogens with one attached hydrogen (secondary N) is 1. The fourth-order valence-electron chi connectivity index (χ4n) is 2.24. The molecule has 4 nitrogen and oxygen atoms in total. The van der Waals surface area contributed by atoms with E-state index in [2.05, 4.69) is 16.8 Å². The Morgan fingerprint density at radius 3 is 3.18 bits per heavy atom. The first kappa shape index (κ1) is 10.1. The van der Waals surface area contributed by atoms with E-state index in [1.165, 1.54) is 0 Å². The Bertz CT molecular complexity index is 587. The van der Waals surface area contributed by atoms with Gasteiger partial charge in [-0.3, -0.25) is 9.89 Å². The van der Waals surface area contributed by atoms with Crippen LogP contribution in [0.1, 0.15) is 6.42 Å². The largest absolute Gasteiger partial charge is 0.312 e. The second kappa shape index (κ2) is 3.73. The molecule has 2 aromatic rings. The average molecular weight is 227 g/mol. The van der Waals surface area contributed by atoms with Crippen molar-refractivity contribution < 1.29 is 4.79 Å². The van der Waals surface area contributed by atoms with Gasteiger partial charge in [-0.15, -0.1) is 6.58 Å². The highest BCUT2D eigenvalue weighted by Crippen LogP contribution is 2.27. The fraction of sp³-hybridized carbons (Fsp3) is 0.231. The maximum Gasteiger partial charge on any atom is 0.227 e. The lowest BCUT2D eigenvalue weighted by molar-refractivity contribution is -0.117. The van der Waals surface area contributed by atoms with E-state index in [1.54, 1.807) is 6.20 Å². The van der Waals surface area contributed by atoms with E-state index >= 15 is 0 Å². The average Bonchev–Trinajstić information content (AvgIpc) is 2.93. The molecule has 86 valence electrons. The van der Waals surface area contributed by atoms with Crippen molar-refractivity contribution in [2.75, 3.05) is 11.4 Å². The van der Waals surface area contributed by atoms with E-state index in [4.69, 9.17) is 0 Å². The summed E-state index contributed by atoms with van der Waals surface area (Å²) in [5, 5.41) is 7.95. The third-order valence-electron chi connectivity index (χ3n) is 3.23. The zero-order valence-electron chi connectivity index (χ0n) is 9.39. The Morgan fingerprint density at radius 1 is 1.53 bits per heavy atom. The molecular weight excluding hydrogens is 214 g/mol. The van der Waals surface area contributed by atoms with Crippen LogP contribution in [0.2, 0.25) is 0 Å². The molecule has 1 aliphatic rings. The van der Waals surface area contributed by atoms with Crippen molar-refractivity contribution in [1.82, 2.24) is 10.2 Å². The third kappa shape index (κ3) is 1.62. The van der Waals surface area contributed by atoms with E-state index in [0.29, 0.717) is 6.42 Å². The highest BCUT2D eigenvalue weighted by Gasteiger charge is 2.28. The molecule has 1 aliphatic heterocycles. The Balaban J connectivity index is 1.98. The molecule has 4 heteroatoms. The fourth-order valence-corrected chi connectivity index (χ4v) is 2.24. The van der Waals surface area contributed by atoms with Crippen LogP contribution in [0.4, 0.5) is 5.69 Å². The molecule has 0 saturated carbocycles. The topological polar surface area (TPSA) is 49.0 Å². The van der Waals surface area contributed by atoms with Crippen molar-refractivity contribution >= 4 is 22.5 Å². The van der Waals surface area contributed by atoms with Crippen LogP contribution < -0.4 is 4.90 Å². The lowest BCUT2D eigenvalue weighted by Crippen LogP contribution is -2.24. The van der Waals surface area contributed by atoms with Crippen molar-refractivity contribution in [2.24, 2.45) is 5.92 Å². The van der Waals surface area contributed by atoms with Gasteiger partial charge in [0.25, 0.3) is 0 Å². The molecule has 1 N–H and O–H groups in total. The lowest BCUT2D eigenvalue weighted by Gasteiger charge is -2.16. The Morgan fingerprint density at radius 2 is 2.41 bits per heavy atom. The van der Waals surface area contributed by atoms with Gasteiger partial charge in [0.15, 0.2) is 0 Å². The molecule has 17 heavy (non-hydrogen) atoms. The monoisotopic (exact) mass is 227 g/mol. The van der Waals surface area contributed by atoms with Gasteiger partial charge < -0.3 is 4.90 Å².